The molecule has 0 unspecified atom stereocenters. The minimum Gasteiger partial charge on any atom is -0.357 e. The van der Waals surface area contributed by atoms with Crippen molar-refractivity contribution in [3.8, 4) is 0 Å². The summed E-state index contributed by atoms with van der Waals surface area (Å²) in [5.74, 6) is 0.968. The first-order chi connectivity index (χ1) is 9.31. The molecule has 0 amide bonds. The molecule has 0 heterocycles. The van der Waals surface area contributed by atoms with Gasteiger partial charge < -0.3 is 10.6 Å². The topological polar surface area (TPSA) is 36.4 Å². The Morgan fingerprint density at radius 3 is 2.35 bits per heavy atom. The quantitative estimate of drug-likeness (QED) is 0.447. The molecular formula is C16H26IN3. The summed E-state index contributed by atoms with van der Waals surface area (Å²) in [6, 6.07) is 9.52. The average Bonchev–Trinajstić information content (AvgIpc) is 3.24. The molecule has 112 valence electrons. The van der Waals surface area contributed by atoms with Crippen LogP contribution in [0.3, 0.4) is 0 Å². The third-order valence-electron chi connectivity index (χ3n) is 3.36. The van der Waals surface area contributed by atoms with Gasteiger partial charge in [0.25, 0.3) is 0 Å². The predicted octanol–water partition coefficient (Wildman–Crippen LogP) is 3.13. The van der Waals surface area contributed by atoms with Crippen molar-refractivity contribution >= 4 is 29.9 Å². The highest BCUT2D eigenvalue weighted by molar-refractivity contribution is 14.0. The standard InChI is InChI=1S/C16H25N3.HI/c1-3-13-5-7-14(8-6-13)11-12-18-16(17-4-2)19-15-9-10-15;/h5-8,15H,3-4,9-12H2,1-2H3,(H2,17,18,19);1H. The summed E-state index contributed by atoms with van der Waals surface area (Å²) in [6.45, 7) is 6.05. The molecule has 1 aromatic carbocycles. The fourth-order valence-electron chi connectivity index (χ4n) is 1.98. The van der Waals surface area contributed by atoms with Crippen molar-refractivity contribution in [3.05, 3.63) is 35.4 Å². The van der Waals surface area contributed by atoms with E-state index in [9.17, 15) is 0 Å². The summed E-state index contributed by atoms with van der Waals surface area (Å²) in [5, 5.41) is 6.73. The van der Waals surface area contributed by atoms with E-state index in [4.69, 9.17) is 0 Å². The van der Waals surface area contributed by atoms with E-state index in [1.165, 1.54) is 24.0 Å². The molecule has 3 nitrogen and oxygen atoms in total. The highest BCUT2D eigenvalue weighted by Crippen LogP contribution is 2.18. The zero-order valence-corrected chi connectivity index (χ0v) is 14.8. The van der Waals surface area contributed by atoms with Crippen LogP contribution in [0.4, 0.5) is 0 Å². The lowest BCUT2D eigenvalue weighted by Gasteiger charge is -2.10. The van der Waals surface area contributed by atoms with E-state index in [1.54, 1.807) is 0 Å². The molecule has 20 heavy (non-hydrogen) atoms. The molecule has 0 bridgehead atoms. The number of nitrogens with zero attached hydrogens (tertiary/aromatic N) is 1. The highest BCUT2D eigenvalue weighted by Gasteiger charge is 2.21. The fraction of sp³-hybridized carbons (Fsp3) is 0.562. The van der Waals surface area contributed by atoms with Crippen LogP contribution in [0.1, 0.15) is 37.8 Å². The largest absolute Gasteiger partial charge is 0.357 e. The first-order valence-corrected chi connectivity index (χ1v) is 7.44. The fourth-order valence-corrected chi connectivity index (χ4v) is 1.98. The Balaban J connectivity index is 0.00000200. The van der Waals surface area contributed by atoms with Crippen LogP contribution in [-0.4, -0.2) is 25.1 Å². The van der Waals surface area contributed by atoms with E-state index >= 15 is 0 Å². The number of halogens is 1. The Morgan fingerprint density at radius 1 is 1.15 bits per heavy atom. The molecule has 1 aliphatic carbocycles. The highest BCUT2D eigenvalue weighted by atomic mass is 127. The third kappa shape index (κ3) is 6.11. The molecule has 1 saturated carbocycles. The summed E-state index contributed by atoms with van der Waals surface area (Å²) in [5.41, 5.74) is 2.76. The number of guanidine groups is 1. The van der Waals surface area contributed by atoms with E-state index in [0.29, 0.717) is 6.04 Å². The van der Waals surface area contributed by atoms with Crippen molar-refractivity contribution in [2.45, 2.75) is 45.6 Å². The van der Waals surface area contributed by atoms with Crippen molar-refractivity contribution in [1.82, 2.24) is 10.6 Å². The van der Waals surface area contributed by atoms with Gasteiger partial charge in [0.2, 0.25) is 0 Å². The lowest BCUT2D eigenvalue weighted by molar-refractivity contribution is 0.808. The summed E-state index contributed by atoms with van der Waals surface area (Å²) in [4.78, 5) is 4.63. The Morgan fingerprint density at radius 2 is 1.80 bits per heavy atom. The second kappa shape index (κ2) is 9.21. The van der Waals surface area contributed by atoms with Crippen molar-refractivity contribution in [2.75, 3.05) is 13.1 Å². The Bertz CT molecular complexity index is 410. The molecule has 2 rings (SSSR count). The molecule has 2 N–H and O–H groups in total. The lowest BCUT2D eigenvalue weighted by atomic mass is 10.1. The molecule has 0 atom stereocenters. The van der Waals surface area contributed by atoms with Crippen molar-refractivity contribution in [2.24, 2.45) is 4.99 Å². The zero-order chi connectivity index (χ0) is 13.5. The van der Waals surface area contributed by atoms with Gasteiger partial charge in [0.1, 0.15) is 0 Å². The zero-order valence-electron chi connectivity index (χ0n) is 12.5. The van der Waals surface area contributed by atoms with Crippen LogP contribution in [0.25, 0.3) is 0 Å². The van der Waals surface area contributed by atoms with Gasteiger partial charge in [-0.15, -0.1) is 24.0 Å². The normalized spacial score (nSPS) is 14.6. The molecule has 0 spiro atoms. The van der Waals surface area contributed by atoms with Gasteiger partial charge in [0.05, 0.1) is 0 Å². The molecule has 0 saturated heterocycles. The number of hydrogen-bond acceptors (Lipinski definition) is 1. The number of rotatable bonds is 6. The average molecular weight is 387 g/mol. The molecule has 0 aliphatic heterocycles. The molecule has 0 radical (unpaired) electrons. The molecule has 1 aliphatic rings. The summed E-state index contributed by atoms with van der Waals surface area (Å²) < 4.78 is 0. The third-order valence-corrected chi connectivity index (χ3v) is 3.36. The maximum absolute atomic E-state index is 4.63. The van der Waals surface area contributed by atoms with Gasteiger partial charge in [0, 0.05) is 19.1 Å². The van der Waals surface area contributed by atoms with Crippen LogP contribution in [0.5, 0.6) is 0 Å². The SMILES string of the molecule is CCNC(=NCCc1ccc(CC)cc1)NC1CC1.I. The number of benzene rings is 1. The first kappa shape index (κ1) is 17.3. The van der Waals surface area contributed by atoms with E-state index < -0.39 is 0 Å². The number of aliphatic imine (C=N–C) groups is 1. The predicted molar refractivity (Wildman–Crippen MR) is 97.1 cm³/mol. The number of nitrogens with one attached hydrogen (secondary N) is 2. The maximum Gasteiger partial charge on any atom is 0.191 e. The van der Waals surface area contributed by atoms with Gasteiger partial charge in [-0.05, 0) is 43.7 Å². The summed E-state index contributed by atoms with van der Waals surface area (Å²) in [6.07, 6.45) is 4.67. The minimum absolute atomic E-state index is 0. The van der Waals surface area contributed by atoms with E-state index in [0.717, 1.165) is 31.9 Å². The molecule has 4 heteroatoms. The van der Waals surface area contributed by atoms with Crippen LogP contribution >= 0.6 is 24.0 Å². The summed E-state index contributed by atoms with van der Waals surface area (Å²) in [7, 11) is 0. The van der Waals surface area contributed by atoms with E-state index in [1.807, 2.05) is 0 Å². The van der Waals surface area contributed by atoms with Crippen LogP contribution in [-0.2, 0) is 12.8 Å². The Hall–Kier alpha value is -0.780. The smallest absolute Gasteiger partial charge is 0.191 e. The van der Waals surface area contributed by atoms with Gasteiger partial charge in [0.15, 0.2) is 5.96 Å². The van der Waals surface area contributed by atoms with Crippen molar-refractivity contribution < 1.29 is 0 Å². The number of aryl methyl sites for hydroxylation is 1. The van der Waals surface area contributed by atoms with Crippen LogP contribution in [0.2, 0.25) is 0 Å². The van der Waals surface area contributed by atoms with Crippen molar-refractivity contribution in [3.63, 3.8) is 0 Å². The van der Waals surface area contributed by atoms with Gasteiger partial charge >= 0.3 is 0 Å². The minimum atomic E-state index is 0. The summed E-state index contributed by atoms with van der Waals surface area (Å²) >= 11 is 0. The van der Waals surface area contributed by atoms with E-state index in [2.05, 4.69) is 53.7 Å². The van der Waals surface area contributed by atoms with Gasteiger partial charge in [-0.1, -0.05) is 31.2 Å². The van der Waals surface area contributed by atoms with Gasteiger partial charge in [-0.3, -0.25) is 4.99 Å². The Kier molecular flexibility index (Phi) is 7.95. The van der Waals surface area contributed by atoms with Crippen LogP contribution in [0.15, 0.2) is 29.3 Å². The molecule has 0 aromatic heterocycles. The van der Waals surface area contributed by atoms with Crippen LogP contribution in [0, 0.1) is 0 Å². The van der Waals surface area contributed by atoms with Gasteiger partial charge in [-0.2, -0.15) is 0 Å². The molecule has 1 fully saturated rings. The second-order valence-electron chi connectivity index (χ2n) is 5.10. The Labute approximate surface area is 139 Å². The second-order valence-corrected chi connectivity index (χ2v) is 5.10. The van der Waals surface area contributed by atoms with E-state index in [-0.39, 0.29) is 24.0 Å². The van der Waals surface area contributed by atoms with Crippen molar-refractivity contribution in [1.29, 1.82) is 0 Å². The lowest BCUT2D eigenvalue weighted by Crippen LogP contribution is -2.38. The first-order valence-electron chi connectivity index (χ1n) is 7.44. The number of hydrogen-bond donors (Lipinski definition) is 2. The molecule has 1 aromatic rings. The molecular weight excluding hydrogens is 361 g/mol. The van der Waals surface area contributed by atoms with Crippen LogP contribution < -0.4 is 10.6 Å². The monoisotopic (exact) mass is 387 g/mol. The van der Waals surface area contributed by atoms with Gasteiger partial charge in [-0.25, -0.2) is 0 Å². The maximum atomic E-state index is 4.63.